The maximum atomic E-state index is 13.7. The maximum Gasteiger partial charge on any atom is 0.139 e. The van der Waals surface area contributed by atoms with E-state index in [-0.39, 0.29) is 11.4 Å². The standard InChI is InChI=1S/C29H31FN4O/c1-20-5-13-24(14-6-20)31-28-27(22-9-11-23(30)12-10-22)32-26-18-33(19-29(2,3)34(26)28)17-21-7-15-25(35-4)16-8-21/h5-16,31H,17-19H2,1-4H3. The Kier molecular flexibility index (Phi) is 6.07. The van der Waals surface area contributed by atoms with Crippen molar-refractivity contribution in [3.8, 4) is 17.0 Å². The van der Waals surface area contributed by atoms with Crippen molar-refractivity contribution in [2.75, 3.05) is 19.0 Å². The Morgan fingerprint density at radius 1 is 0.971 bits per heavy atom. The molecule has 3 aromatic carbocycles. The molecule has 0 radical (unpaired) electrons. The van der Waals surface area contributed by atoms with Crippen LogP contribution in [0.4, 0.5) is 15.9 Å². The summed E-state index contributed by atoms with van der Waals surface area (Å²) in [4.78, 5) is 7.52. The van der Waals surface area contributed by atoms with E-state index in [1.54, 1.807) is 19.2 Å². The molecule has 5 rings (SSSR count). The zero-order chi connectivity index (χ0) is 24.6. The van der Waals surface area contributed by atoms with Crippen molar-refractivity contribution < 1.29 is 9.13 Å². The van der Waals surface area contributed by atoms with Crippen molar-refractivity contribution in [3.63, 3.8) is 0 Å². The molecule has 5 nitrogen and oxygen atoms in total. The molecule has 6 heteroatoms. The van der Waals surface area contributed by atoms with Crippen molar-refractivity contribution in [2.24, 2.45) is 0 Å². The van der Waals surface area contributed by atoms with Crippen LogP contribution < -0.4 is 10.1 Å². The van der Waals surface area contributed by atoms with Gasteiger partial charge in [0.15, 0.2) is 0 Å². The molecular weight excluding hydrogens is 439 g/mol. The average molecular weight is 471 g/mol. The summed E-state index contributed by atoms with van der Waals surface area (Å²) < 4.78 is 21.3. The van der Waals surface area contributed by atoms with Gasteiger partial charge in [-0.2, -0.15) is 0 Å². The predicted molar refractivity (Wildman–Crippen MR) is 139 cm³/mol. The highest BCUT2D eigenvalue weighted by Gasteiger charge is 2.36. The summed E-state index contributed by atoms with van der Waals surface area (Å²) in [5.74, 6) is 2.53. The predicted octanol–water partition coefficient (Wildman–Crippen LogP) is 6.50. The van der Waals surface area contributed by atoms with Crippen molar-refractivity contribution >= 4 is 11.5 Å². The van der Waals surface area contributed by atoms with E-state index in [0.29, 0.717) is 0 Å². The molecule has 0 amide bonds. The van der Waals surface area contributed by atoms with E-state index in [2.05, 4.69) is 72.0 Å². The van der Waals surface area contributed by atoms with Gasteiger partial charge < -0.3 is 14.6 Å². The number of nitrogens with zero attached hydrogens (tertiary/aromatic N) is 3. The van der Waals surface area contributed by atoms with Gasteiger partial charge in [-0.05, 0) is 74.9 Å². The summed E-state index contributed by atoms with van der Waals surface area (Å²) >= 11 is 0. The largest absolute Gasteiger partial charge is 0.497 e. The second-order valence-electron chi connectivity index (χ2n) is 9.86. The Morgan fingerprint density at radius 2 is 1.66 bits per heavy atom. The molecule has 1 aromatic heterocycles. The smallest absolute Gasteiger partial charge is 0.139 e. The molecule has 0 fully saturated rings. The van der Waals surface area contributed by atoms with Gasteiger partial charge >= 0.3 is 0 Å². The number of halogens is 1. The molecule has 4 aromatic rings. The zero-order valence-electron chi connectivity index (χ0n) is 20.7. The van der Waals surface area contributed by atoms with Crippen LogP contribution in [0.1, 0.15) is 30.8 Å². The van der Waals surface area contributed by atoms with Gasteiger partial charge in [-0.1, -0.05) is 29.8 Å². The van der Waals surface area contributed by atoms with Crippen molar-refractivity contribution in [2.45, 2.75) is 39.4 Å². The number of nitrogens with one attached hydrogen (secondary N) is 1. The summed E-state index contributed by atoms with van der Waals surface area (Å²) in [5, 5.41) is 3.63. The lowest BCUT2D eigenvalue weighted by Gasteiger charge is -2.40. The Balaban J connectivity index is 1.53. The number of ether oxygens (including phenoxy) is 1. The van der Waals surface area contributed by atoms with E-state index < -0.39 is 0 Å². The minimum Gasteiger partial charge on any atom is -0.497 e. The van der Waals surface area contributed by atoms with Crippen LogP contribution in [0, 0.1) is 12.7 Å². The van der Waals surface area contributed by atoms with Crippen LogP contribution in [0.15, 0.2) is 72.8 Å². The number of methoxy groups -OCH3 is 1. The number of hydrogen-bond acceptors (Lipinski definition) is 4. The molecule has 0 saturated heterocycles. The van der Waals surface area contributed by atoms with Gasteiger partial charge in [-0.3, -0.25) is 4.90 Å². The normalized spacial score (nSPS) is 15.0. The van der Waals surface area contributed by atoms with Crippen LogP contribution in [-0.4, -0.2) is 28.1 Å². The van der Waals surface area contributed by atoms with Gasteiger partial charge in [0, 0.05) is 24.3 Å². The number of fused-ring (bicyclic) bond motifs is 1. The van der Waals surface area contributed by atoms with Crippen molar-refractivity contribution in [1.29, 1.82) is 0 Å². The van der Waals surface area contributed by atoms with Gasteiger partial charge in [-0.15, -0.1) is 0 Å². The fraction of sp³-hybridized carbons (Fsp3) is 0.276. The Hall–Kier alpha value is -3.64. The number of imidazole rings is 1. The molecular formula is C29H31FN4O. The van der Waals surface area contributed by atoms with E-state index >= 15 is 0 Å². The monoisotopic (exact) mass is 470 g/mol. The first kappa shape index (κ1) is 23.1. The SMILES string of the molecule is COc1ccc(CN2Cc3nc(-c4ccc(F)cc4)c(Nc4ccc(C)cc4)n3C(C)(C)C2)cc1. The first-order valence-corrected chi connectivity index (χ1v) is 11.9. The van der Waals surface area contributed by atoms with Gasteiger partial charge in [0.05, 0.1) is 19.2 Å². The third-order valence-corrected chi connectivity index (χ3v) is 6.52. The number of anilines is 2. The Bertz CT molecular complexity index is 1310. The third-order valence-electron chi connectivity index (χ3n) is 6.52. The quantitative estimate of drug-likeness (QED) is 0.349. The molecule has 1 N–H and O–H groups in total. The van der Waals surface area contributed by atoms with Crippen molar-refractivity contribution in [3.05, 3.63) is 95.6 Å². The lowest BCUT2D eigenvalue weighted by Crippen LogP contribution is -2.46. The fourth-order valence-corrected chi connectivity index (χ4v) is 4.90. The summed E-state index contributed by atoms with van der Waals surface area (Å²) in [5.41, 5.74) is 4.95. The molecule has 0 unspecified atom stereocenters. The molecule has 0 saturated carbocycles. The molecule has 2 heterocycles. The van der Waals surface area contributed by atoms with E-state index in [9.17, 15) is 4.39 Å². The highest BCUT2D eigenvalue weighted by molar-refractivity contribution is 5.77. The van der Waals surface area contributed by atoms with E-state index in [1.807, 2.05) is 12.1 Å². The second kappa shape index (κ2) is 9.19. The molecule has 1 aliphatic heterocycles. The Labute approximate surface area is 206 Å². The third kappa shape index (κ3) is 4.80. The van der Waals surface area contributed by atoms with Gasteiger partial charge in [0.2, 0.25) is 0 Å². The summed E-state index contributed by atoms with van der Waals surface area (Å²) in [7, 11) is 1.68. The van der Waals surface area contributed by atoms with E-state index in [4.69, 9.17) is 9.72 Å². The molecule has 0 bridgehead atoms. The second-order valence-corrected chi connectivity index (χ2v) is 9.86. The fourth-order valence-electron chi connectivity index (χ4n) is 4.90. The zero-order valence-corrected chi connectivity index (χ0v) is 20.7. The lowest BCUT2D eigenvalue weighted by atomic mass is 10.0. The molecule has 180 valence electrons. The molecule has 0 atom stereocenters. The van der Waals surface area contributed by atoms with E-state index in [1.165, 1.54) is 23.3 Å². The van der Waals surface area contributed by atoms with Gasteiger partial charge in [-0.25, -0.2) is 9.37 Å². The number of hydrogen-bond donors (Lipinski definition) is 1. The topological polar surface area (TPSA) is 42.3 Å². The molecule has 0 spiro atoms. The van der Waals surface area contributed by atoms with Crippen LogP contribution in [0.25, 0.3) is 11.3 Å². The van der Waals surface area contributed by atoms with Crippen LogP contribution in [0.2, 0.25) is 0 Å². The van der Waals surface area contributed by atoms with Crippen molar-refractivity contribution in [1.82, 2.24) is 14.5 Å². The minimum atomic E-state index is -0.253. The first-order valence-electron chi connectivity index (χ1n) is 11.9. The highest BCUT2D eigenvalue weighted by atomic mass is 19.1. The molecule has 35 heavy (non-hydrogen) atoms. The van der Waals surface area contributed by atoms with E-state index in [0.717, 1.165) is 54.0 Å². The summed E-state index contributed by atoms with van der Waals surface area (Å²) in [6.07, 6.45) is 0. The van der Waals surface area contributed by atoms with Gasteiger partial charge in [0.1, 0.15) is 28.9 Å². The van der Waals surface area contributed by atoms with Crippen LogP contribution in [0.3, 0.4) is 0 Å². The summed E-state index contributed by atoms with van der Waals surface area (Å²) in [6, 6.07) is 23.1. The number of aromatic nitrogens is 2. The highest BCUT2D eigenvalue weighted by Crippen LogP contribution is 2.39. The number of rotatable bonds is 6. The van der Waals surface area contributed by atoms with Crippen LogP contribution in [0.5, 0.6) is 5.75 Å². The Morgan fingerprint density at radius 3 is 2.31 bits per heavy atom. The number of benzene rings is 3. The average Bonchev–Trinajstić information content (AvgIpc) is 3.20. The van der Waals surface area contributed by atoms with Crippen LogP contribution >= 0.6 is 0 Å². The first-order chi connectivity index (χ1) is 16.8. The minimum absolute atomic E-state index is 0.210. The lowest BCUT2D eigenvalue weighted by molar-refractivity contribution is 0.125. The maximum absolute atomic E-state index is 13.7. The summed E-state index contributed by atoms with van der Waals surface area (Å²) in [6.45, 7) is 8.98. The molecule has 0 aliphatic carbocycles. The van der Waals surface area contributed by atoms with Gasteiger partial charge in [0.25, 0.3) is 0 Å². The van der Waals surface area contributed by atoms with Crippen LogP contribution in [-0.2, 0) is 18.6 Å². The number of aryl methyl sites for hydroxylation is 1. The molecule has 1 aliphatic rings.